The highest BCUT2D eigenvalue weighted by Gasteiger charge is 2.40. The Balaban J connectivity index is 0.737. The summed E-state index contributed by atoms with van der Waals surface area (Å²) in [6, 6.07) is 23.1. The fourth-order valence-corrected chi connectivity index (χ4v) is 10.9. The minimum Gasteiger partial charge on any atom is -0.368 e. The zero-order valence-electron chi connectivity index (χ0n) is 40.5. The molecule has 0 aliphatic carbocycles. The maximum Gasteiger partial charge on any atom is 0.329 e. The third-order valence-electron chi connectivity index (χ3n) is 15.2. The predicted octanol–water partition coefficient (Wildman–Crippen LogP) is 6.32. The number of rotatable bonds is 11. The highest BCUT2D eigenvalue weighted by atomic mass is 16.2. The summed E-state index contributed by atoms with van der Waals surface area (Å²) in [5, 5.41) is 25.7. The molecule has 2 aromatic carbocycles. The van der Waals surface area contributed by atoms with Crippen molar-refractivity contribution in [2.45, 2.75) is 71.3 Å². The SMILES string of the molecule is CCC1(C(=O)NC(C)C)CCN(c2ccc(-c3cc(-c4ccc(N5CCN(C(=O)CN6CCC(c7ccc8c(N9CCC(=O)NC9=O)nn(C)c8c7)CC6)CC5)cc4)cn4ncc(C#N)c34)cn2)CC1. The molecule has 0 bridgehead atoms. The Bertz CT molecular complexity index is 2980. The number of anilines is 3. The number of aromatic nitrogens is 5. The average molecular weight is 944 g/mol. The van der Waals surface area contributed by atoms with Gasteiger partial charge in [0.2, 0.25) is 17.7 Å². The molecule has 70 heavy (non-hydrogen) atoms. The third kappa shape index (κ3) is 9.03. The molecule has 0 atom stereocenters. The molecule has 5 amide bonds. The molecule has 17 heteroatoms. The number of fused-ring (bicyclic) bond motifs is 2. The lowest BCUT2D eigenvalue weighted by Gasteiger charge is -2.41. The van der Waals surface area contributed by atoms with Crippen molar-refractivity contribution in [2.75, 3.05) is 80.1 Å². The number of pyridine rings is 2. The number of amides is 5. The number of nitrogens with zero attached hydrogens (tertiary/aromatic N) is 11. The van der Waals surface area contributed by atoms with Gasteiger partial charge >= 0.3 is 6.03 Å². The lowest BCUT2D eigenvalue weighted by atomic mass is 9.75. The first-order valence-corrected chi connectivity index (χ1v) is 24.8. The molecule has 0 spiro atoms. The standard InChI is InChI=1S/C53H61N13O4/c1-5-53(51(69)57-35(2)3)17-22-63(23-18-53)46-13-9-39(31-55-46)44-28-40(33-66-49(44)41(30-54)32-56-66)36-6-10-42(11-7-36)62-24-26-64(27-25-62)48(68)34-61-19-14-37(15-20-61)38-8-12-43-45(29-38)60(4)59-50(43)65-21-16-47(67)58-52(65)70/h6-13,28-29,31-33,35,37H,5,14-27,34H2,1-4H3,(H,57,69)(H,58,67,70). The van der Waals surface area contributed by atoms with E-state index in [9.17, 15) is 24.4 Å². The molecule has 0 unspecified atom stereocenters. The average Bonchev–Trinajstić information content (AvgIpc) is 3.96. The van der Waals surface area contributed by atoms with E-state index >= 15 is 0 Å². The largest absolute Gasteiger partial charge is 0.368 e. The van der Waals surface area contributed by atoms with E-state index in [0.717, 1.165) is 122 Å². The Kier molecular flexibility index (Phi) is 12.7. The highest BCUT2D eigenvalue weighted by Crippen LogP contribution is 2.39. The number of nitriles is 1. The molecule has 4 fully saturated rings. The summed E-state index contributed by atoms with van der Waals surface area (Å²) >= 11 is 0. The number of piperidine rings is 2. The summed E-state index contributed by atoms with van der Waals surface area (Å²) in [6.45, 7) is 12.9. The van der Waals surface area contributed by atoms with E-state index in [4.69, 9.17) is 4.98 Å². The fraction of sp³-hybridized carbons (Fsp3) is 0.434. The van der Waals surface area contributed by atoms with Crippen LogP contribution in [0.5, 0.6) is 0 Å². The molecule has 17 nitrogen and oxygen atoms in total. The van der Waals surface area contributed by atoms with Gasteiger partial charge in [-0.05, 0) is 119 Å². The second kappa shape index (κ2) is 19.2. The molecule has 4 aliphatic heterocycles. The first kappa shape index (κ1) is 46.4. The smallest absolute Gasteiger partial charge is 0.329 e. The lowest BCUT2D eigenvalue weighted by molar-refractivity contribution is -0.133. The van der Waals surface area contributed by atoms with Crippen molar-refractivity contribution in [2.24, 2.45) is 12.5 Å². The second-order valence-electron chi connectivity index (χ2n) is 19.7. The van der Waals surface area contributed by atoms with Gasteiger partial charge in [-0.2, -0.15) is 15.5 Å². The van der Waals surface area contributed by atoms with Gasteiger partial charge in [-0.15, -0.1) is 0 Å². The summed E-state index contributed by atoms with van der Waals surface area (Å²) in [5.41, 5.74) is 7.91. The van der Waals surface area contributed by atoms with Crippen LogP contribution in [0.2, 0.25) is 0 Å². The molecular weight excluding hydrogens is 883 g/mol. The van der Waals surface area contributed by atoms with Crippen molar-refractivity contribution >= 4 is 57.5 Å². The van der Waals surface area contributed by atoms with Gasteiger partial charge in [0.1, 0.15) is 11.9 Å². The van der Waals surface area contributed by atoms with E-state index < -0.39 is 6.03 Å². The van der Waals surface area contributed by atoms with Gasteiger partial charge in [0, 0.05) is 105 Å². The van der Waals surface area contributed by atoms with Crippen molar-refractivity contribution in [3.05, 3.63) is 90.4 Å². The Morgan fingerprint density at radius 2 is 1.61 bits per heavy atom. The van der Waals surface area contributed by atoms with Crippen LogP contribution in [0, 0.1) is 16.7 Å². The molecule has 4 aromatic heterocycles. The number of urea groups is 1. The van der Waals surface area contributed by atoms with Crippen molar-refractivity contribution < 1.29 is 19.2 Å². The van der Waals surface area contributed by atoms with Gasteiger partial charge < -0.3 is 20.0 Å². The monoisotopic (exact) mass is 943 g/mol. The van der Waals surface area contributed by atoms with E-state index in [0.29, 0.717) is 43.5 Å². The van der Waals surface area contributed by atoms with Crippen LogP contribution in [0.15, 0.2) is 79.3 Å². The molecule has 4 aliphatic rings. The van der Waals surface area contributed by atoms with Gasteiger partial charge in [0.25, 0.3) is 0 Å². The molecule has 362 valence electrons. The lowest BCUT2D eigenvalue weighted by Crippen LogP contribution is -2.51. The first-order chi connectivity index (χ1) is 33.9. The van der Waals surface area contributed by atoms with Crippen LogP contribution in [0.25, 0.3) is 38.7 Å². The van der Waals surface area contributed by atoms with Crippen LogP contribution >= 0.6 is 0 Å². The summed E-state index contributed by atoms with van der Waals surface area (Å²) in [6.07, 6.45) is 9.97. The maximum absolute atomic E-state index is 13.6. The minimum absolute atomic E-state index is 0.112. The van der Waals surface area contributed by atoms with Gasteiger partial charge in [-0.3, -0.25) is 34.2 Å². The molecule has 2 N–H and O–H groups in total. The van der Waals surface area contributed by atoms with E-state index in [1.807, 2.05) is 50.3 Å². The number of carbonyl (C=O) groups excluding carboxylic acids is 4. The normalized spacial score (nSPS) is 18.2. The quantitative estimate of drug-likeness (QED) is 0.149. The van der Waals surface area contributed by atoms with Crippen molar-refractivity contribution in [1.82, 2.24) is 44.8 Å². The molecule has 0 saturated carbocycles. The minimum atomic E-state index is -0.440. The van der Waals surface area contributed by atoms with Crippen molar-refractivity contribution in [3.8, 4) is 28.3 Å². The Labute approximate surface area is 408 Å². The van der Waals surface area contributed by atoms with Crippen LogP contribution in [-0.4, -0.2) is 129 Å². The topological polar surface area (TPSA) is 180 Å². The van der Waals surface area contributed by atoms with Crippen molar-refractivity contribution in [1.29, 1.82) is 5.26 Å². The zero-order valence-corrected chi connectivity index (χ0v) is 40.5. The van der Waals surface area contributed by atoms with Crippen LogP contribution in [-0.2, 0) is 21.4 Å². The predicted molar refractivity (Wildman–Crippen MR) is 269 cm³/mol. The Hall–Kier alpha value is -7.32. The summed E-state index contributed by atoms with van der Waals surface area (Å²) in [5.74, 6) is 1.85. The number of imide groups is 1. The van der Waals surface area contributed by atoms with Gasteiger partial charge in [0.05, 0.1) is 34.8 Å². The second-order valence-corrected chi connectivity index (χ2v) is 19.7. The number of carbonyl (C=O) groups is 4. The van der Waals surface area contributed by atoms with Crippen LogP contribution in [0.3, 0.4) is 0 Å². The molecule has 6 aromatic rings. The maximum atomic E-state index is 13.6. The van der Waals surface area contributed by atoms with E-state index in [-0.39, 0.29) is 35.6 Å². The molecule has 8 heterocycles. The highest BCUT2D eigenvalue weighted by molar-refractivity contribution is 6.09. The molecule has 10 rings (SSSR count). The van der Waals surface area contributed by atoms with Crippen LogP contribution in [0.1, 0.15) is 76.3 Å². The number of aryl methyl sites for hydroxylation is 1. The van der Waals surface area contributed by atoms with Crippen LogP contribution < -0.4 is 25.3 Å². The summed E-state index contributed by atoms with van der Waals surface area (Å²) < 4.78 is 3.59. The first-order valence-electron chi connectivity index (χ1n) is 24.8. The number of piperazine rings is 1. The van der Waals surface area contributed by atoms with E-state index in [1.54, 1.807) is 15.4 Å². The third-order valence-corrected chi connectivity index (χ3v) is 15.2. The van der Waals surface area contributed by atoms with Gasteiger partial charge in [-0.25, -0.2) is 14.3 Å². The fourth-order valence-electron chi connectivity index (χ4n) is 10.9. The molecular formula is C53H61N13O4. The summed E-state index contributed by atoms with van der Waals surface area (Å²) in [7, 11) is 1.88. The van der Waals surface area contributed by atoms with E-state index in [1.165, 1.54) is 10.5 Å². The number of hydrogen-bond acceptors (Lipinski definition) is 11. The summed E-state index contributed by atoms with van der Waals surface area (Å²) in [4.78, 5) is 66.3. The number of likely N-dealkylation sites (tertiary alicyclic amines) is 1. The van der Waals surface area contributed by atoms with E-state index in [2.05, 4.69) is 97.1 Å². The van der Waals surface area contributed by atoms with Gasteiger partial charge in [-0.1, -0.05) is 25.1 Å². The van der Waals surface area contributed by atoms with Crippen LogP contribution in [0.4, 0.5) is 22.1 Å². The zero-order chi connectivity index (χ0) is 48.7. The number of benzene rings is 2. The number of hydrogen-bond donors (Lipinski definition) is 2. The molecule has 4 saturated heterocycles. The molecule has 0 radical (unpaired) electrons. The van der Waals surface area contributed by atoms with Gasteiger partial charge in [0.15, 0.2) is 5.82 Å². The Morgan fingerprint density at radius 1 is 0.871 bits per heavy atom. The Morgan fingerprint density at radius 3 is 2.29 bits per heavy atom. The number of nitrogens with one attached hydrogen (secondary N) is 2. The van der Waals surface area contributed by atoms with Crippen molar-refractivity contribution in [3.63, 3.8) is 0 Å².